The molecule has 7 nitrogen and oxygen atoms in total. The van der Waals surface area contributed by atoms with Crippen LogP contribution in [0.5, 0.6) is 0 Å². The van der Waals surface area contributed by atoms with Gasteiger partial charge in [-0.2, -0.15) is 0 Å². The molecule has 1 heterocycles. The number of carboxylic acid groups (broad SMARTS) is 1. The van der Waals surface area contributed by atoms with E-state index in [9.17, 15) is 9.59 Å². The van der Waals surface area contributed by atoms with Gasteiger partial charge in [0.2, 0.25) is 0 Å². The standard InChI is InChI=1S/C12H20N4O3/c1-5-16(8(2)6-15(3)4)11(17)9-10(12(18)19)14-7-13-9/h7-8H,5-6H2,1-4H3,(H,13,14)(H,18,19). The summed E-state index contributed by atoms with van der Waals surface area (Å²) in [5.41, 5.74) is -0.208. The first-order valence-electron chi connectivity index (χ1n) is 6.10. The lowest BCUT2D eigenvalue weighted by atomic mass is 10.2. The van der Waals surface area contributed by atoms with E-state index < -0.39 is 5.97 Å². The van der Waals surface area contributed by atoms with Crippen LogP contribution >= 0.6 is 0 Å². The van der Waals surface area contributed by atoms with Crippen LogP contribution in [0, 0.1) is 0 Å². The maximum Gasteiger partial charge on any atom is 0.354 e. The van der Waals surface area contributed by atoms with Crippen molar-refractivity contribution in [3.63, 3.8) is 0 Å². The van der Waals surface area contributed by atoms with Crippen LogP contribution in [0.15, 0.2) is 6.33 Å². The number of aromatic carboxylic acids is 1. The van der Waals surface area contributed by atoms with Gasteiger partial charge in [0.1, 0.15) is 0 Å². The molecule has 1 aromatic heterocycles. The monoisotopic (exact) mass is 268 g/mol. The van der Waals surface area contributed by atoms with Crippen molar-refractivity contribution in [3.05, 3.63) is 17.7 Å². The van der Waals surface area contributed by atoms with E-state index in [4.69, 9.17) is 5.11 Å². The number of carbonyl (C=O) groups excluding carboxylic acids is 1. The fourth-order valence-corrected chi connectivity index (χ4v) is 2.04. The van der Waals surface area contributed by atoms with Crippen molar-refractivity contribution >= 4 is 11.9 Å². The molecule has 0 aliphatic rings. The Morgan fingerprint density at radius 1 is 1.47 bits per heavy atom. The number of hydrogen-bond acceptors (Lipinski definition) is 4. The Morgan fingerprint density at radius 2 is 2.11 bits per heavy atom. The predicted octanol–water partition coefficient (Wildman–Crippen LogP) is 0.520. The zero-order chi connectivity index (χ0) is 14.6. The highest BCUT2D eigenvalue weighted by atomic mass is 16.4. The molecular weight excluding hydrogens is 248 g/mol. The number of rotatable bonds is 6. The highest BCUT2D eigenvalue weighted by molar-refractivity contribution is 6.02. The minimum absolute atomic E-state index is 0.0224. The molecule has 0 spiro atoms. The third kappa shape index (κ3) is 3.54. The molecule has 0 aliphatic carbocycles. The highest BCUT2D eigenvalue weighted by Gasteiger charge is 2.26. The number of imidazole rings is 1. The first kappa shape index (κ1) is 15.2. The molecular formula is C12H20N4O3. The third-order valence-electron chi connectivity index (χ3n) is 2.82. The molecule has 0 saturated heterocycles. The SMILES string of the molecule is CCN(C(=O)c1nc[nH]c1C(=O)O)C(C)CN(C)C. The molecule has 2 N–H and O–H groups in total. The van der Waals surface area contributed by atoms with E-state index >= 15 is 0 Å². The second kappa shape index (κ2) is 6.33. The van der Waals surface area contributed by atoms with Crippen LogP contribution in [-0.2, 0) is 0 Å². The molecule has 1 unspecified atom stereocenters. The van der Waals surface area contributed by atoms with Gasteiger partial charge < -0.3 is 19.9 Å². The lowest BCUT2D eigenvalue weighted by molar-refractivity contribution is 0.0637. The smallest absolute Gasteiger partial charge is 0.354 e. The summed E-state index contributed by atoms with van der Waals surface area (Å²) in [6.45, 7) is 4.98. The number of nitrogens with one attached hydrogen (secondary N) is 1. The van der Waals surface area contributed by atoms with Crippen molar-refractivity contribution in [2.75, 3.05) is 27.2 Å². The van der Waals surface area contributed by atoms with Crippen molar-refractivity contribution in [3.8, 4) is 0 Å². The van der Waals surface area contributed by atoms with E-state index in [0.717, 1.165) is 0 Å². The summed E-state index contributed by atoms with van der Waals surface area (Å²) >= 11 is 0. The van der Waals surface area contributed by atoms with Crippen LogP contribution in [0.4, 0.5) is 0 Å². The summed E-state index contributed by atoms with van der Waals surface area (Å²) < 4.78 is 0. The number of carbonyl (C=O) groups is 2. The first-order chi connectivity index (χ1) is 8.88. The fourth-order valence-electron chi connectivity index (χ4n) is 2.04. The topological polar surface area (TPSA) is 89.5 Å². The van der Waals surface area contributed by atoms with Crippen molar-refractivity contribution in [1.82, 2.24) is 19.8 Å². The summed E-state index contributed by atoms with van der Waals surface area (Å²) in [6.07, 6.45) is 1.22. The lowest BCUT2D eigenvalue weighted by Crippen LogP contribution is -2.44. The number of aromatic amines is 1. The molecule has 1 atom stereocenters. The Kier molecular flexibility index (Phi) is 5.05. The fraction of sp³-hybridized carbons (Fsp3) is 0.583. The van der Waals surface area contributed by atoms with Gasteiger partial charge in [-0.1, -0.05) is 0 Å². The molecule has 1 amide bonds. The summed E-state index contributed by atoms with van der Waals surface area (Å²) in [5, 5.41) is 8.99. The van der Waals surface area contributed by atoms with Crippen LogP contribution in [-0.4, -0.2) is 70.0 Å². The van der Waals surface area contributed by atoms with Gasteiger partial charge in [-0.25, -0.2) is 9.78 Å². The number of nitrogens with zero attached hydrogens (tertiary/aromatic N) is 3. The number of hydrogen-bond donors (Lipinski definition) is 2. The van der Waals surface area contributed by atoms with E-state index in [1.54, 1.807) is 4.90 Å². The molecule has 0 saturated carbocycles. The van der Waals surface area contributed by atoms with E-state index in [2.05, 4.69) is 9.97 Å². The van der Waals surface area contributed by atoms with Gasteiger partial charge in [0.05, 0.1) is 6.33 Å². The average Bonchev–Trinajstić information content (AvgIpc) is 2.77. The van der Waals surface area contributed by atoms with E-state index in [1.165, 1.54) is 6.33 Å². The second-order valence-corrected chi connectivity index (χ2v) is 4.63. The Bertz CT molecular complexity index is 456. The van der Waals surface area contributed by atoms with Crippen molar-refractivity contribution < 1.29 is 14.7 Å². The van der Waals surface area contributed by atoms with Crippen LogP contribution in [0.2, 0.25) is 0 Å². The second-order valence-electron chi connectivity index (χ2n) is 4.63. The number of amides is 1. The summed E-state index contributed by atoms with van der Waals surface area (Å²) in [7, 11) is 3.85. The molecule has 1 aromatic rings. The molecule has 106 valence electrons. The van der Waals surface area contributed by atoms with Crippen LogP contribution < -0.4 is 0 Å². The molecule has 0 aliphatic heterocycles. The summed E-state index contributed by atoms with van der Waals surface area (Å²) in [4.78, 5) is 33.2. The largest absolute Gasteiger partial charge is 0.477 e. The van der Waals surface area contributed by atoms with Gasteiger partial charge >= 0.3 is 5.97 Å². The molecule has 0 fully saturated rings. The molecule has 0 bridgehead atoms. The van der Waals surface area contributed by atoms with Crippen molar-refractivity contribution in [1.29, 1.82) is 0 Å². The van der Waals surface area contributed by atoms with E-state index in [-0.39, 0.29) is 23.3 Å². The average molecular weight is 268 g/mol. The number of likely N-dealkylation sites (N-methyl/N-ethyl adjacent to an activating group) is 2. The normalized spacial score (nSPS) is 12.5. The van der Waals surface area contributed by atoms with Crippen LogP contribution in [0.25, 0.3) is 0 Å². The maximum atomic E-state index is 12.3. The molecule has 7 heteroatoms. The van der Waals surface area contributed by atoms with Gasteiger partial charge in [-0.15, -0.1) is 0 Å². The van der Waals surface area contributed by atoms with Gasteiger partial charge in [0, 0.05) is 19.1 Å². The Morgan fingerprint density at radius 3 is 2.58 bits per heavy atom. The van der Waals surface area contributed by atoms with E-state index in [1.807, 2.05) is 32.8 Å². The zero-order valence-electron chi connectivity index (χ0n) is 11.7. The van der Waals surface area contributed by atoms with Gasteiger partial charge in [-0.05, 0) is 27.9 Å². The lowest BCUT2D eigenvalue weighted by Gasteiger charge is -2.29. The molecule has 19 heavy (non-hydrogen) atoms. The Hall–Kier alpha value is -1.89. The molecule has 1 rings (SSSR count). The summed E-state index contributed by atoms with van der Waals surface area (Å²) in [5.74, 6) is -1.55. The number of H-pyrrole nitrogens is 1. The van der Waals surface area contributed by atoms with Gasteiger partial charge in [0.25, 0.3) is 5.91 Å². The molecule has 0 radical (unpaired) electrons. The summed E-state index contributed by atoms with van der Waals surface area (Å²) in [6, 6.07) is -0.0224. The minimum Gasteiger partial charge on any atom is -0.477 e. The predicted molar refractivity (Wildman–Crippen MR) is 70.3 cm³/mol. The quantitative estimate of drug-likeness (QED) is 0.785. The van der Waals surface area contributed by atoms with Crippen LogP contribution in [0.1, 0.15) is 34.8 Å². The molecule has 0 aromatic carbocycles. The van der Waals surface area contributed by atoms with E-state index in [0.29, 0.717) is 13.1 Å². The minimum atomic E-state index is -1.18. The third-order valence-corrected chi connectivity index (χ3v) is 2.82. The first-order valence-corrected chi connectivity index (χ1v) is 6.10. The van der Waals surface area contributed by atoms with Crippen LogP contribution in [0.3, 0.4) is 0 Å². The van der Waals surface area contributed by atoms with Crippen molar-refractivity contribution in [2.24, 2.45) is 0 Å². The zero-order valence-corrected chi connectivity index (χ0v) is 11.7. The Labute approximate surface area is 112 Å². The number of aromatic nitrogens is 2. The number of carboxylic acids is 1. The van der Waals surface area contributed by atoms with Gasteiger partial charge in [0.15, 0.2) is 11.4 Å². The van der Waals surface area contributed by atoms with Gasteiger partial charge in [-0.3, -0.25) is 4.79 Å². The maximum absolute atomic E-state index is 12.3. The highest BCUT2D eigenvalue weighted by Crippen LogP contribution is 2.10. The Balaban J connectivity index is 2.95. The van der Waals surface area contributed by atoms with Crippen molar-refractivity contribution in [2.45, 2.75) is 19.9 Å².